The molecule has 188 valence electrons. The summed E-state index contributed by atoms with van der Waals surface area (Å²) in [5.41, 5.74) is 1.21. The van der Waals surface area contributed by atoms with E-state index in [4.69, 9.17) is 23.6 Å². The van der Waals surface area contributed by atoms with Crippen LogP contribution in [0.15, 0.2) is 40.8 Å². The highest BCUT2D eigenvalue weighted by molar-refractivity contribution is 7.22. The van der Waals surface area contributed by atoms with E-state index in [9.17, 15) is 4.79 Å². The minimum Gasteiger partial charge on any atom is -0.495 e. The van der Waals surface area contributed by atoms with Crippen LogP contribution in [0.4, 0.5) is 5.13 Å². The van der Waals surface area contributed by atoms with Crippen molar-refractivity contribution in [3.05, 3.63) is 42.2 Å². The lowest BCUT2D eigenvalue weighted by atomic mass is 10.2. The summed E-state index contributed by atoms with van der Waals surface area (Å²) in [4.78, 5) is 22.5. The van der Waals surface area contributed by atoms with Crippen molar-refractivity contribution in [2.45, 2.75) is 13.8 Å². The van der Waals surface area contributed by atoms with Crippen molar-refractivity contribution in [2.24, 2.45) is 0 Å². The zero-order chi connectivity index (χ0) is 24.2. The zero-order valence-corrected chi connectivity index (χ0v) is 22.1. The molecule has 4 aromatic rings. The number of carbonyl (C=O) groups is 1. The minimum atomic E-state index is -0.262. The first-order chi connectivity index (χ1) is 16.5. The average molecular weight is 520 g/mol. The molecule has 35 heavy (non-hydrogen) atoms. The van der Waals surface area contributed by atoms with E-state index in [0.717, 1.165) is 23.2 Å². The fourth-order valence-electron chi connectivity index (χ4n) is 3.89. The van der Waals surface area contributed by atoms with Gasteiger partial charge in [-0.1, -0.05) is 37.3 Å². The van der Waals surface area contributed by atoms with Gasteiger partial charge in [0.2, 0.25) is 0 Å². The molecule has 2 aromatic carbocycles. The van der Waals surface area contributed by atoms with Gasteiger partial charge in [0.05, 0.1) is 21.3 Å². The number of rotatable bonds is 10. The van der Waals surface area contributed by atoms with Gasteiger partial charge in [0.25, 0.3) is 5.91 Å². The van der Waals surface area contributed by atoms with Crippen LogP contribution in [0.2, 0.25) is 0 Å². The van der Waals surface area contributed by atoms with Gasteiger partial charge in [-0.05, 0) is 37.4 Å². The van der Waals surface area contributed by atoms with E-state index >= 15 is 0 Å². The molecule has 0 aliphatic rings. The second-order valence-electron chi connectivity index (χ2n) is 7.62. The van der Waals surface area contributed by atoms with Gasteiger partial charge in [0.15, 0.2) is 22.2 Å². The molecule has 0 aliphatic carbocycles. The first-order valence-electron chi connectivity index (χ1n) is 11.2. The molecule has 0 unspecified atom stereocenters. The number of para-hydroxylation sites is 1. The van der Waals surface area contributed by atoms with Crippen molar-refractivity contribution in [2.75, 3.05) is 52.4 Å². The van der Waals surface area contributed by atoms with E-state index in [1.807, 2.05) is 30.3 Å². The van der Waals surface area contributed by atoms with Gasteiger partial charge in [-0.3, -0.25) is 9.69 Å². The van der Waals surface area contributed by atoms with Crippen molar-refractivity contribution >= 4 is 56.0 Å². The van der Waals surface area contributed by atoms with E-state index in [1.165, 1.54) is 11.3 Å². The number of amides is 1. The summed E-state index contributed by atoms with van der Waals surface area (Å²) in [5.74, 6) is 1.87. The number of furan rings is 1. The number of nitrogens with zero attached hydrogens (tertiary/aromatic N) is 3. The molecular formula is C25H30ClN3O5S. The summed E-state index contributed by atoms with van der Waals surface area (Å²) in [5, 5.41) is 1.36. The Morgan fingerprint density at radius 2 is 1.66 bits per heavy atom. The molecule has 0 aliphatic heterocycles. The maximum absolute atomic E-state index is 13.8. The highest BCUT2D eigenvalue weighted by atomic mass is 35.5. The fraction of sp³-hybridized carbons (Fsp3) is 0.360. The highest BCUT2D eigenvalue weighted by Crippen LogP contribution is 2.40. The summed E-state index contributed by atoms with van der Waals surface area (Å²) >= 11 is 1.39. The standard InChI is InChI=1S/C25H29N3O5S.ClH/c1-6-27(7-2)13-14-28(24(29)20-15-16-9-8-10-18(31-4)22(16)33-20)25-26-21-17(30-3)11-12-19(32-5)23(21)34-25;/h8-12,15H,6-7,13-14H2,1-5H3;1H. The number of halogens is 1. The number of likely N-dealkylation sites (N-methyl/N-ethyl adjacent to an activating group) is 1. The molecule has 4 rings (SSSR count). The van der Waals surface area contributed by atoms with Crippen molar-refractivity contribution in [3.8, 4) is 17.2 Å². The summed E-state index contributed by atoms with van der Waals surface area (Å²) in [6.45, 7) is 7.15. The van der Waals surface area contributed by atoms with Gasteiger partial charge in [0, 0.05) is 18.5 Å². The zero-order valence-electron chi connectivity index (χ0n) is 20.5. The van der Waals surface area contributed by atoms with Gasteiger partial charge in [0.1, 0.15) is 21.7 Å². The van der Waals surface area contributed by atoms with Gasteiger partial charge in [-0.15, -0.1) is 12.4 Å². The normalized spacial score (nSPS) is 11.0. The maximum atomic E-state index is 13.8. The Bertz CT molecular complexity index is 1260. The number of methoxy groups -OCH3 is 3. The molecule has 10 heteroatoms. The minimum absolute atomic E-state index is 0. The molecule has 2 heterocycles. The molecule has 1 amide bonds. The number of hydrogen-bond donors (Lipinski definition) is 0. The van der Waals surface area contributed by atoms with Crippen LogP contribution in [0.25, 0.3) is 21.2 Å². The Balaban J connectivity index is 0.00000342. The quantitative estimate of drug-likeness (QED) is 0.274. The monoisotopic (exact) mass is 519 g/mol. The summed E-state index contributed by atoms with van der Waals surface area (Å²) in [6, 6.07) is 11.0. The van der Waals surface area contributed by atoms with Crippen LogP contribution in [-0.4, -0.2) is 63.3 Å². The molecule has 0 saturated heterocycles. The maximum Gasteiger partial charge on any atom is 0.295 e. The Hall–Kier alpha value is -3.01. The average Bonchev–Trinajstić information content (AvgIpc) is 3.50. The van der Waals surface area contributed by atoms with E-state index in [2.05, 4.69) is 18.7 Å². The lowest BCUT2D eigenvalue weighted by Crippen LogP contribution is -2.38. The molecule has 0 spiro atoms. The number of hydrogen-bond acceptors (Lipinski definition) is 8. The van der Waals surface area contributed by atoms with Crippen molar-refractivity contribution in [1.82, 2.24) is 9.88 Å². The van der Waals surface area contributed by atoms with Crippen LogP contribution in [0.5, 0.6) is 17.2 Å². The van der Waals surface area contributed by atoms with Crippen LogP contribution >= 0.6 is 23.7 Å². The van der Waals surface area contributed by atoms with Crippen molar-refractivity contribution < 1.29 is 23.4 Å². The predicted octanol–water partition coefficient (Wildman–Crippen LogP) is 5.48. The fourth-order valence-corrected chi connectivity index (χ4v) is 4.99. The Labute approximate surface area is 214 Å². The van der Waals surface area contributed by atoms with E-state index in [0.29, 0.717) is 46.6 Å². The molecule has 0 fully saturated rings. The molecule has 0 saturated carbocycles. The van der Waals surface area contributed by atoms with E-state index < -0.39 is 0 Å². The first kappa shape index (κ1) is 26.6. The van der Waals surface area contributed by atoms with Crippen LogP contribution in [0, 0.1) is 0 Å². The van der Waals surface area contributed by atoms with Crippen LogP contribution in [-0.2, 0) is 0 Å². The van der Waals surface area contributed by atoms with Crippen LogP contribution in [0.1, 0.15) is 24.4 Å². The van der Waals surface area contributed by atoms with E-state index in [1.54, 1.807) is 32.3 Å². The summed E-state index contributed by atoms with van der Waals surface area (Å²) < 4.78 is 23.2. The molecule has 0 bridgehead atoms. The van der Waals surface area contributed by atoms with Gasteiger partial charge < -0.3 is 23.5 Å². The molecule has 2 aromatic heterocycles. The van der Waals surface area contributed by atoms with Gasteiger partial charge in [-0.2, -0.15) is 0 Å². The van der Waals surface area contributed by atoms with Crippen molar-refractivity contribution in [1.29, 1.82) is 0 Å². The second-order valence-corrected chi connectivity index (χ2v) is 8.59. The summed E-state index contributed by atoms with van der Waals surface area (Å²) in [6.07, 6.45) is 0. The molecule has 0 radical (unpaired) electrons. The lowest BCUT2D eigenvalue weighted by Gasteiger charge is -2.24. The molecule has 0 atom stereocenters. The highest BCUT2D eigenvalue weighted by Gasteiger charge is 2.27. The predicted molar refractivity (Wildman–Crippen MR) is 142 cm³/mol. The number of thiazole rings is 1. The van der Waals surface area contributed by atoms with Crippen LogP contribution in [0.3, 0.4) is 0 Å². The molecular weight excluding hydrogens is 490 g/mol. The molecule has 8 nitrogen and oxygen atoms in total. The number of carbonyl (C=O) groups excluding carboxylic acids is 1. The Kier molecular flexibility index (Phi) is 8.82. The third kappa shape index (κ3) is 5.17. The number of fused-ring (bicyclic) bond motifs is 2. The number of benzene rings is 2. The molecule has 0 N–H and O–H groups in total. The number of ether oxygens (including phenoxy) is 3. The number of aromatic nitrogens is 1. The summed E-state index contributed by atoms with van der Waals surface area (Å²) in [7, 11) is 4.80. The van der Waals surface area contributed by atoms with E-state index in [-0.39, 0.29) is 24.1 Å². The smallest absolute Gasteiger partial charge is 0.295 e. The third-order valence-electron chi connectivity index (χ3n) is 5.85. The SMILES string of the molecule is CCN(CC)CCN(C(=O)c1cc2cccc(OC)c2o1)c1nc2c(OC)ccc(OC)c2s1.Cl. The largest absolute Gasteiger partial charge is 0.495 e. The Morgan fingerprint density at radius 3 is 2.31 bits per heavy atom. The van der Waals surface area contributed by atoms with Gasteiger partial charge >= 0.3 is 0 Å². The third-order valence-corrected chi connectivity index (χ3v) is 6.94. The second kappa shape index (κ2) is 11.6. The van der Waals surface area contributed by atoms with Gasteiger partial charge in [-0.25, -0.2) is 4.98 Å². The number of anilines is 1. The first-order valence-corrected chi connectivity index (χ1v) is 12.0. The van der Waals surface area contributed by atoms with Crippen LogP contribution < -0.4 is 19.1 Å². The van der Waals surface area contributed by atoms with Crippen molar-refractivity contribution in [3.63, 3.8) is 0 Å². The Morgan fingerprint density at radius 1 is 0.971 bits per heavy atom. The lowest BCUT2D eigenvalue weighted by molar-refractivity contribution is 0.0959. The topological polar surface area (TPSA) is 77.3 Å².